The Balaban J connectivity index is 1.31. The number of aryl methyl sites for hydroxylation is 1. The van der Waals surface area contributed by atoms with Crippen molar-refractivity contribution in [3.63, 3.8) is 0 Å². The second kappa shape index (κ2) is 6.21. The van der Waals surface area contributed by atoms with Gasteiger partial charge in [0.15, 0.2) is 17.0 Å². The van der Waals surface area contributed by atoms with Gasteiger partial charge in [0, 0.05) is 50.5 Å². The molecule has 26 heavy (non-hydrogen) atoms. The van der Waals surface area contributed by atoms with Crippen LogP contribution < -0.4 is 4.90 Å². The van der Waals surface area contributed by atoms with E-state index in [2.05, 4.69) is 36.2 Å². The standard InChI is InChI=1S/C19H26N6O/c1-2-23-12-22-16-17(23)20-11-21-18(16)24-7-14-9-25(10-15(14)8-24)19(26)13-5-3-4-6-13/h11-15H,2-10H2,1H3. The van der Waals surface area contributed by atoms with Gasteiger partial charge < -0.3 is 14.4 Å². The molecule has 2 atom stereocenters. The zero-order chi connectivity index (χ0) is 17.7. The van der Waals surface area contributed by atoms with E-state index in [1.807, 2.05) is 6.33 Å². The number of nitrogens with zero attached hydrogens (tertiary/aromatic N) is 6. The lowest BCUT2D eigenvalue weighted by atomic mass is 10.0. The molecule has 7 heteroatoms. The molecule has 7 nitrogen and oxygen atoms in total. The fraction of sp³-hybridized carbons (Fsp3) is 0.684. The molecule has 5 rings (SSSR count). The topological polar surface area (TPSA) is 67.2 Å². The Morgan fingerprint density at radius 1 is 1.08 bits per heavy atom. The number of rotatable bonds is 3. The van der Waals surface area contributed by atoms with Crippen LogP contribution in [0, 0.1) is 17.8 Å². The van der Waals surface area contributed by atoms with E-state index < -0.39 is 0 Å². The minimum absolute atomic E-state index is 0.296. The minimum Gasteiger partial charge on any atom is -0.354 e. The average Bonchev–Trinajstić information content (AvgIpc) is 3.42. The van der Waals surface area contributed by atoms with Crippen LogP contribution in [-0.2, 0) is 11.3 Å². The van der Waals surface area contributed by atoms with E-state index in [-0.39, 0.29) is 0 Å². The molecule has 0 bridgehead atoms. The SMILES string of the molecule is CCn1cnc2c(N3CC4CN(C(=O)C5CCCC5)CC4C3)ncnc21. The summed E-state index contributed by atoms with van der Waals surface area (Å²) in [5.41, 5.74) is 1.81. The molecule has 2 aromatic heterocycles. The Hall–Kier alpha value is -2.18. The monoisotopic (exact) mass is 354 g/mol. The van der Waals surface area contributed by atoms with Crippen LogP contribution in [0.25, 0.3) is 11.2 Å². The van der Waals surface area contributed by atoms with Gasteiger partial charge in [0.05, 0.1) is 6.33 Å². The lowest BCUT2D eigenvalue weighted by Gasteiger charge is -2.24. The highest BCUT2D eigenvalue weighted by Gasteiger charge is 2.43. The van der Waals surface area contributed by atoms with Gasteiger partial charge in [-0.2, -0.15) is 0 Å². The van der Waals surface area contributed by atoms with Crippen LogP contribution in [0.1, 0.15) is 32.6 Å². The number of likely N-dealkylation sites (tertiary alicyclic amines) is 1. The van der Waals surface area contributed by atoms with Crippen LogP contribution in [0.5, 0.6) is 0 Å². The van der Waals surface area contributed by atoms with Crippen LogP contribution in [0.15, 0.2) is 12.7 Å². The molecule has 2 unspecified atom stereocenters. The fourth-order valence-electron chi connectivity index (χ4n) is 5.11. The van der Waals surface area contributed by atoms with Crippen molar-refractivity contribution < 1.29 is 4.79 Å². The smallest absolute Gasteiger partial charge is 0.225 e. The van der Waals surface area contributed by atoms with Crippen LogP contribution in [0.3, 0.4) is 0 Å². The summed E-state index contributed by atoms with van der Waals surface area (Å²) in [4.78, 5) is 30.7. The first-order valence-electron chi connectivity index (χ1n) is 9.94. The Kier molecular flexibility index (Phi) is 3.83. The van der Waals surface area contributed by atoms with Gasteiger partial charge in [0.1, 0.15) is 6.33 Å². The van der Waals surface area contributed by atoms with Gasteiger partial charge in [-0.25, -0.2) is 15.0 Å². The number of hydrogen-bond donors (Lipinski definition) is 0. The van der Waals surface area contributed by atoms with E-state index in [9.17, 15) is 4.79 Å². The van der Waals surface area contributed by atoms with Crippen molar-refractivity contribution in [1.82, 2.24) is 24.4 Å². The first-order chi connectivity index (χ1) is 12.7. The quantitative estimate of drug-likeness (QED) is 0.843. The van der Waals surface area contributed by atoms with Gasteiger partial charge >= 0.3 is 0 Å². The fourth-order valence-corrected chi connectivity index (χ4v) is 5.11. The molecule has 0 aromatic carbocycles. The Morgan fingerprint density at radius 3 is 2.50 bits per heavy atom. The average molecular weight is 354 g/mol. The van der Waals surface area contributed by atoms with E-state index in [1.54, 1.807) is 6.33 Å². The number of amides is 1. The van der Waals surface area contributed by atoms with Crippen molar-refractivity contribution in [3.05, 3.63) is 12.7 Å². The van der Waals surface area contributed by atoms with Gasteiger partial charge in [-0.3, -0.25) is 4.79 Å². The van der Waals surface area contributed by atoms with Crippen LogP contribution in [-0.4, -0.2) is 56.5 Å². The third-order valence-corrected chi connectivity index (χ3v) is 6.52. The Morgan fingerprint density at radius 2 is 1.81 bits per heavy atom. The molecule has 2 aromatic rings. The van der Waals surface area contributed by atoms with Gasteiger partial charge in [-0.05, 0) is 19.8 Å². The molecule has 1 aliphatic carbocycles. The molecule has 138 valence electrons. The van der Waals surface area contributed by atoms with E-state index in [1.165, 1.54) is 12.8 Å². The summed E-state index contributed by atoms with van der Waals surface area (Å²) < 4.78 is 2.05. The maximum Gasteiger partial charge on any atom is 0.225 e. The molecule has 0 radical (unpaired) electrons. The third kappa shape index (κ3) is 2.47. The first-order valence-corrected chi connectivity index (χ1v) is 9.94. The molecule has 1 saturated carbocycles. The molecule has 4 heterocycles. The predicted molar refractivity (Wildman–Crippen MR) is 98.7 cm³/mol. The molecule has 3 aliphatic rings. The van der Waals surface area contributed by atoms with Crippen LogP contribution in [0.2, 0.25) is 0 Å². The lowest BCUT2D eigenvalue weighted by molar-refractivity contribution is -0.134. The molecule has 2 saturated heterocycles. The zero-order valence-corrected chi connectivity index (χ0v) is 15.3. The van der Waals surface area contributed by atoms with Gasteiger partial charge in [-0.15, -0.1) is 0 Å². The molecule has 1 amide bonds. The highest BCUT2D eigenvalue weighted by Crippen LogP contribution is 2.37. The van der Waals surface area contributed by atoms with Crippen molar-refractivity contribution >= 4 is 22.9 Å². The van der Waals surface area contributed by atoms with E-state index in [0.29, 0.717) is 23.7 Å². The number of carbonyl (C=O) groups is 1. The largest absolute Gasteiger partial charge is 0.354 e. The number of imidazole rings is 1. The van der Waals surface area contributed by atoms with Crippen molar-refractivity contribution in [2.24, 2.45) is 17.8 Å². The van der Waals surface area contributed by atoms with Crippen molar-refractivity contribution in [2.75, 3.05) is 31.1 Å². The Bertz CT molecular complexity index is 813. The summed E-state index contributed by atoms with van der Waals surface area (Å²) in [6.45, 7) is 6.70. The highest BCUT2D eigenvalue weighted by molar-refractivity contribution is 5.83. The lowest BCUT2D eigenvalue weighted by Crippen LogP contribution is -2.36. The third-order valence-electron chi connectivity index (χ3n) is 6.52. The summed E-state index contributed by atoms with van der Waals surface area (Å²) in [6, 6.07) is 0. The normalized spacial score (nSPS) is 26.2. The summed E-state index contributed by atoms with van der Waals surface area (Å²) in [5, 5.41) is 0. The molecular formula is C19H26N6O. The van der Waals surface area contributed by atoms with Crippen LogP contribution >= 0.6 is 0 Å². The maximum atomic E-state index is 12.7. The van der Waals surface area contributed by atoms with Crippen molar-refractivity contribution in [1.29, 1.82) is 0 Å². The molecular weight excluding hydrogens is 328 g/mol. The van der Waals surface area contributed by atoms with Gasteiger partial charge in [0.2, 0.25) is 5.91 Å². The number of fused-ring (bicyclic) bond motifs is 2. The number of carbonyl (C=O) groups excluding carboxylic acids is 1. The van der Waals surface area contributed by atoms with Gasteiger partial charge in [0.25, 0.3) is 0 Å². The van der Waals surface area contributed by atoms with Gasteiger partial charge in [-0.1, -0.05) is 12.8 Å². The molecule has 0 spiro atoms. The van der Waals surface area contributed by atoms with Crippen LogP contribution in [0.4, 0.5) is 5.82 Å². The summed E-state index contributed by atoms with van der Waals surface area (Å²) in [6.07, 6.45) is 8.13. The number of hydrogen-bond acceptors (Lipinski definition) is 5. The predicted octanol–water partition coefficient (Wildman–Crippen LogP) is 1.93. The first kappa shape index (κ1) is 16.0. The van der Waals surface area contributed by atoms with E-state index >= 15 is 0 Å². The second-order valence-corrected chi connectivity index (χ2v) is 8.05. The maximum absolute atomic E-state index is 12.7. The molecule has 2 aliphatic heterocycles. The van der Waals surface area contributed by atoms with E-state index in [4.69, 9.17) is 0 Å². The number of anilines is 1. The molecule has 3 fully saturated rings. The summed E-state index contributed by atoms with van der Waals surface area (Å²) in [7, 11) is 0. The summed E-state index contributed by atoms with van der Waals surface area (Å²) in [5.74, 6) is 2.77. The van der Waals surface area contributed by atoms with Crippen molar-refractivity contribution in [3.8, 4) is 0 Å². The minimum atomic E-state index is 0.296. The summed E-state index contributed by atoms with van der Waals surface area (Å²) >= 11 is 0. The Labute approximate surface area is 153 Å². The zero-order valence-electron chi connectivity index (χ0n) is 15.3. The number of aromatic nitrogens is 4. The van der Waals surface area contributed by atoms with E-state index in [0.717, 1.165) is 62.5 Å². The second-order valence-electron chi connectivity index (χ2n) is 8.05. The van der Waals surface area contributed by atoms with Crippen molar-refractivity contribution in [2.45, 2.75) is 39.2 Å². The molecule has 0 N–H and O–H groups in total. The highest BCUT2D eigenvalue weighted by atomic mass is 16.2.